The van der Waals surface area contributed by atoms with Gasteiger partial charge in [-0.2, -0.15) is 4.98 Å². The molecule has 0 spiro atoms. The molecule has 0 unspecified atom stereocenters. The van der Waals surface area contributed by atoms with Crippen molar-refractivity contribution in [1.29, 1.82) is 0 Å². The first-order chi connectivity index (χ1) is 10.7. The molecule has 1 aliphatic carbocycles. The van der Waals surface area contributed by atoms with E-state index in [1.807, 2.05) is 9.80 Å². The van der Waals surface area contributed by atoms with Crippen molar-refractivity contribution >= 4 is 23.3 Å². The number of methoxy groups -OCH3 is 1. The Labute approximate surface area is 135 Å². The molecule has 1 saturated carbocycles. The summed E-state index contributed by atoms with van der Waals surface area (Å²) in [5, 5.41) is 0.442. The molecule has 1 aromatic rings. The van der Waals surface area contributed by atoms with Gasteiger partial charge in [-0.25, -0.2) is 4.98 Å². The van der Waals surface area contributed by atoms with Crippen LogP contribution >= 0.6 is 11.6 Å². The highest BCUT2D eigenvalue weighted by Gasteiger charge is 2.29. The minimum atomic E-state index is 0.145. The maximum Gasteiger partial charge on any atom is 0.318 e. The molecular weight excluding hydrogens is 304 g/mol. The van der Waals surface area contributed by atoms with Gasteiger partial charge >= 0.3 is 6.01 Å². The van der Waals surface area contributed by atoms with E-state index >= 15 is 0 Å². The second-order valence-electron chi connectivity index (χ2n) is 5.94. The molecule has 2 fully saturated rings. The Bertz CT molecular complexity index is 548. The van der Waals surface area contributed by atoms with Crippen LogP contribution in [0.1, 0.15) is 25.7 Å². The van der Waals surface area contributed by atoms with Crippen LogP contribution in [0.4, 0.5) is 5.82 Å². The van der Waals surface area contributed by atoms with Crippen LogP contribution in [0.15, 0.2) is 6.20 Å². The smallest absolute Gasteiger partial charge is 0.318 e. The standard InChI is InChI=1S/C15H21ClN4O2/c1-22-15-17-8-12(16)14(18-15)20-7-6-19(13(21)10-20)9-11-4-2-3-5-11/h8,11H,2-7,9-10H2,1H3. The predicted molar refractivity (Wildman–Crippen MR) is 84.3 cm³/mol. The quantitative estimate of drug-likeness (QED) is 0.847. The Morgan fingerprint density at radius 2 is 2.14 bits per heavy atom. The second kappa shape index (κ2) is 6.69. The van der Waals surface area contributed by atoms with E-state index in [0.29, 0.717) is 23.3 Å². The van der Waals surface area contributed by atoms with Crippen LogP contribution in [0, 0.1) is 5.92 Å². The zero-order chi connectivity index (χ0) is 15.5. The van der Waals surface area contributed by atoms with Crippen LogP contribution in [0.25, 0.3) is 0 Å². The normalized spacial score (nSPS) is 19.8. The molecule has 0 aromatic carbocycles. The Balaban J connectivity index is 1.65. The Hall–Kier alpha value is -1.56. The first-order valence-corrected chi connectivity index (χ1v) is 8.14. The number of rotatable bonds is 4. The first kappa shape index (κ1) is 15.3. The van der Waals surface area contributed by atoms with Gasteiger partial charge < -0.3 is 14.5 Å². The van der Waals surface area contributed by atoms with E-state index in [1.165, 1.54) is 39.0 Å². The molecule has 3 rings (SSSR count). The third-order valence-electron chi connectivity index (χ3n) is 4.46. The maximum absolute atomic E-state index is 12.4. The highest BCUT2D eigenvalue weighted by Crippen LogP contribution is 2.28. The van der Waals surface area contributed by atoms with Crippen LogP contribution in [0.3, 0.4) is 0 Å². The Kier molecular flexibility index (Phi) is 4.66. The summed E-state index contributed by atoms with van der Waals surface area (Å²) in [6, 6.07) is 0.264. The summed E-state index contributed by atoms with van der Waals surface area (Å²) in [4.78, 5) is 24.5. The predicted octanol–water partition coefficient (Wildman–Crippen LogP) is 1.98. The van der Waals surface area contributed by atoms with E-state index in [1.54, 1.807) is 0 Å². The molecule has 0 radical (unpaired) electrons. The second-order valence-corrected chi connectivity index (χ2v) is 6.35. The Morgan fingerprint density at radius 1 is 1.36 bits per heavy atom. The molecule has 6 nitrogen and oxygen atoms in total. The van der Waals surface area contributed by atoms with E-state index in [-0.39, 0.29) is 11.9 Å². The van der Waals surface area contributed by atoms with E-state index in [4.69, 9.17) is 16.3 Å². The number of ether oxygens (including phenoxy) is 1. The number of nitrogens with zero attached hydrogens (tertiary/aromatic N) is 4. The van der Waals surface area contributed by atoms with Crippen molar-refractivity contribution in [2.75, 3.05) is 38.2 Å². The van der Waals surface area contributed by atoms with Gasteiger partial charge in [-0.05, 0) is 18.8 Å². The van der Waals surface area contributed by atoms with E-state index in [0.717, 1.165) is 19.6 Å². The average Bonchev–Trinajstić information content (AvgIpc) is 3.03. The first-order valence-electron chi connectivity index (χ1n) is 7.76. The van der Waals surface area contributed by atoms with Crippen molar-refractivity contribution in [2.45, 2.75) is 25.7 Å². The summed E-state index contributed by atoms with van der Waals surface area (Å²) in [6.07, 6.45) is 6.62. The van der Waals surface area contributed by atoms with Gasteiger partial charge in [0.15, 0.2) is 5.82 Å². The molecular formula is C15H21ClN4O2. The number of carbonyl (C=O) groups excluding carboxylic acids is 1. The van der Waals surface area contributed by atoms with Gasteiger partial charge in [0.1, 0.15) is 5.02 Å². The van der Waals surface area contributed by atoms with Crippen molar-refractivity contribution in [3.63, 3.8) is 0 Å². The lowest BCUT2D eigenvalue weighted by Crippen LogP contribution is -2.51. The molecule has 2 heterocycles. The number of carbonyl (C=O) groups is 1. The monoisotopic (exact) mass is 324 g/mol. The number of piperazine rings is 1. The van der Waals surface area contributed by atoms with Crippen LogP contribution in [0.2, 0.25) is 5.02 Å². The van der Waals surface area contributed by atoms with Gasteiger partial charge in [0, 0.05) is 19.6 Å². The SMILES string of the molecule is COc1ncc(Cl)c(N2CCN(CC3CCCC3)C(=O)C2)n1. The number of aromatic nitrogens is 2. The minimum Gasteiger partial charge on any atom is -0.467 e. The van der Waals surface area contributed by atoms with Crippen LogP contribution in [-0.2, 0) is 4.79 Å². The van der Waals surface area contributed by atoms with Crippen molar-refractivity contribution in [3.8, 4) is 6.01 Å². The number of hydrogen-bond acceptors (Lipinski definition) is 5. The van der Waals surface area contributed by atoms with Gasteiger partial charge in [-0.3, -0.25) is 4.79 Å². The molecule has 1 aromatic heterocycles. The molecule has 7 heteroatoms. The summed E-state index contributed by atoms with van der Waals surface area (Å²) in [7, 11) is 1.51. The molecule has 1 aliphatic heterocycles. The summed E-state index contributed by atoms with van der Waals surface area (Å²) >= 11 is 6.16. The average molecular weight is 325 g/mol. The lowest BCUT2D eigenvalue weighted by molar-refractivity contribution is -0.131. The molecule has 0 atom stereocenters. The molecule has 120 valence electrons. The number of halogens is 1. The molecule has 0 N–H and O–H groups in total. The van der Waals surface area contributed by atoms with Gasteiger partial charge in [-0.15, -0.1) is 0 Å². The van der Waals surface area contributed by atoms with Crippen LogP contribution < -0.4 is 9.64 Å². The van der Waals surface area contributed by atoms with E-state index in [9.17, 15) is 4.79 Å². The summed E-state index contributed by atoms with van der Waals surface area (Å²) < 4.78 is 5.03. The molecule has 1 saturated heterocycles. The van der Waals surface area contributed by atoms with Gasteiger partial charge in [-0.1, -0.05) is 24.4 Å². The lowest BCUT2D eigenvalue weighted by Gasteiger charge is -2.36. The lowest BCUT2D eigenvalue weighted by atomic mass is 10.1. The van der Waals surface area contributed by atoms with Crippen molar-refractivity contribution in [3.05, 3.63) is 11.2 Å². The fourth-order valence-electron chi connectivity index (χ4n) is 3.25. The largest absolute Gasteiger partial charge is 0.467 e. The molecule has 0 bridgehead atoms. The maximum atomic E-state index is 12.4. The number of anilines is 1. The third-order valence-corrected chi connectivity index (χ3v) is 4.72. The van der Waals surface area contributed by atoms with Crippen molar-refractivity contribution in [1.82, 2.24) is 14.9 Å². The Morgan fingerprint density at radius 3 is 2.82 bits per heavy atom. The fourth-order valence-corrected chi connectivity index (χ4v) is 3.46. The number of amides is 1. The molecule has 22 heavy (non-hydrogen) atoms. The zero-order valence-electron chi connectivity index (χ0n) is 12.8. The van der Waals surface area contributed by atoms with Gasteiger partial charge in [0.2, 0.25) is 5.91 Å². The van der Waals surface area contributed by atoms with Crippen molar-refractivity contribution < 1.29 is 9.53 Å². The van der Waals surface area contributed by atoms with Crippen molar-refractivity contribution in [2.24, 2.45) is 5.92 Å². The molecule has 1 amide bonds. The summed E-state index contributed by atoms with van der Waals surface area (Å²) in [5.41, 5.74) is 0. The number of hydrogen-bond donors (Lipinski definition) is 0. The third kappa shape index (κ3) is 3.27. The summed E-state index contributed by atoms with van der Waals surface area (Å²) in [6.45, 7) is 2.66. The fraction of sp³-hybridized carbons (Fsp3) is 0.667. The minimum absolute atomic E-state index is 0.145. The summed E-state index contributed by atoms with van der Waals surface area (Å²) in [5.74, 6) is 1.40. The zero-order valence-corrected chi connectivity index (χ0v) is 13.6. The van der Waals surface area contributed by atoms with Gasteiger partial charge in [0.05, 0.1) is 19.9 Å². The highest BCUT2D eigenvalue weighted by atomic mass is 35.5. The highest BCUT2D eigenvalue weighted by molar-refractivity contribution is 6.32. The topological polar surface area (TPSA) is 58.6 Å². The van der Waals surface area contributed by atoms with Crippen LogP contribution in [0.5, 0.6) is 6.01 Å². The molecule has 2 aliphatic rings. The van der Waals surface area contributed by atoms with E-state index in [2.05, 4.69) is 9.97 Å². The van der Waals surface area contributed by atoms with Crippen LogP contribution in [-0.4, -0.2) is 54.1 Å². The van der Waals surface area contributed by atoms with E-state index < -0.39 is 0 Å². The van der Waals surface area contributed by atoms with Gasteiger partial charge in [0.25, 0.3) is 0 Å².